The second kappa shape index (κ2) is 4.79. The number of para-hydroxylation sites is 1. The summed E-state index contributed by atoms with van der Waals surface area (Å²) in [7, 11) is 0. The first kappa shape index (κ1) is 12.7. The summed E-state index contributed by atoms with van der Waals surface area (Å²) >= 11 is 0. The van der Waals surface area contributed by atoms with Gasteiger partial charge in [0.1, 0.15) is 18.1 Å². The Kier molecular flexibility index (Phi) is 2.90. The van der Waals surface area contributed by atoms with Crippen LogP contribution in [0.4, 0.5) is 0 Å². The third kappa shape index (κ3) is 1.85. The number of aliphatic hydroxyl groups excluding tert-OH is 2. The van der Waals surface area contributed by atoms with Gasteiger partial charge in [-0.3, -0.25) is 0 Å². The summed E-state index contributed by atoms with van der Waals surface area (Å²) in [6.45, 7) is 0. The number of hydrogen-bond acceptors (Lipinski definition) is 4. The first-order chi connectivity index (χ1) is 10.3. The van der Waals surface area contributed by atoms with Gasteiger partial charge in [-0.05, 0) is 25.3 Å². The van der Waals surface area contributed by atoms with E-state index in [1.807, 2.05) is 30.5 Å². The molecule has 1 aliphatic rings. The van der Waals surface area contributed by atoms with E-state index < -0.39 is 12.2 Å². The minimum absolute atomic E-state index is 0.147. The summed E-state index contributed by atoms with van der Waals surface area (Å²) in [5, 5.41) is 22.5. The fraction of sp³-hybridized carbons (Fsp3) is 0.375. The quantitative estimate of drug-likeness (QED) is 0.717. The van der Waals surface area contributed by atoms with Crippen LogP contribution in [-0.2, 0) is 0 Å². The van der Waals surface area contributed by atoms with E-state index in [4.69, 9.17) is 0 Å². The van der Waals surface area contributed by atoms with Gasteiger partial charge in [0.05, 0.1) is 17.7 Å². The molecule has 1 fully saturated rings. The van der Waals surface area contributed by atoms with Gasteiger partial charge in [0.15, 0.2) is 0 Å². The van der Waals surface area contributed by atoms with Crippen molar-refractivity contribution >= 4 is 21.9 Å². The van der Waals surface area contributed by atoms with Crippen LogP contribution in [0.15, 0.2) is 36.8 Å². The maximum atomic E-state index is 10.4. The Hall–Kier alpha value is -1.98. The number of rotatable bonds is 1. The van der Waals surface area contributed by atoms with E-state index in [1.54, 1.807) is 0 Å². The SMILES string of the molecule is O[C@H]1[C@@H](O)CCC[C@@H]1n1c2ccccc2c2cncnc21. The zero-order chi connectivity index (χ0) is 14.4. The van der Waals surface area contributed by atoms with Crippen LogP contribution in [0.5, 0.6) is 0 Å². The van der Waals surface area contributed by atoms with Gasteiger partial charge in [-0.1, -0.05) is 18.2 Å². The molecule has 2 aromatic heterocycles. The van der Waals surface area contributed by atoms with Crippen LogP contribution < -0.4 is 0 Å². The van der Waals surface area contributed by atoms with Crippen molar-refractivity contribution in [2.75, 3.05) is 0 Å². The molecule has 0 spiro atoms. The standard InChI is InChI=1S/C16H17N3O2/c20-14-7-3-6-13(15(14)21)19-12-5-2-1-4-10(12)11-8-17-9-18-16(11)19/h1-2,4-5,8-9,13-15,20-21H,3,6-7H2/t13-,14-,15+/m0/s1. The van der Waals surface area contributed by atoms with Crippen LogP contribution in [0.25, 0.3) is 21.9 Å². The number of hydrogen-bond donors (Lipinski definition) is 2. The van der Waals surface area contributed by atoms with Gasteiger partial charge < -0.3 is 14.8 Å². The minimum atomic E-state index is -0.757. The monoisotopic (exact) mass is 283 g/mol. The first-order valence-electron chi connectivity index (χ1n) is 7.32. The van der Waals surface area contributed by atoms with E-state index in [-0.39, 0.29) is 6.04 Å². The highest BCUT2D eigenvalue weighted by Gasteiger charge is 2.33. The maximum absolute atomic E-state index is 10.4. The summed E-state index contributed by atoms with van der Waals surface area (Å²) < 4.78 is 2.07. The van der Waals surface area contributed by atoms with Crippen molar-refractivity contribution in [3.05, 3.63) is 36.8 Å². The fourth-order valence-corrected chi connectivity index (χ4v) is 3.48. The van der Waals surface area contributed by atoms with Gasteiger partial charge in [0, 0.05) is 17.0 Å². The summed E-state index contributed by atoms with van der Waals surface area (Å²) in [4.78, 5) is 8.53. The summed E-state index contributed by atoms with van der Waals surface area (Å²) in [6, 6.07) is 7.90. The molecule has 0 bridgehead atoms. The summed E-state index contributed by atoms with van der Waals surface area (Å²) in [5.74, 6) is 0. The molecule has 0 unspecified atom stereocenters. The number of nitrogens with zero attached hydrogens (tertiary/aromatic N) is 3. The largest absolute Gasteiger partial charge is 0.390 e. The van der Waals surface area contributed by atoms with Gasteiger partial charge in [-0.25, -0.2) is 9.97 Å². The lowest BCUT2D eigenvalue weighted by molar-refractivity contribution is -0.0376. The van der Waals surface area contributed by atoms with Gasteiger partial charge >= 0.3 is 0 Å². The van der Waals surface area contributed by atoms with Crippen LogP contribution in [0.3, 0.4) is 0 Å². The Balaban J connectivity index is 2.01. The third-order valence-electron chi connectivity index (χ3n) is 4.49. The van der Waals surface area contributed by atoms with Crippen molar-refractivity contribution in [3.8, 4) is 0 Å². The molecule has 2 heterocycles. The van der Waals surface area contributed by atoms with Gasteiger partial charge in [0.25, 0.3) is 0 Å². The zero-order valence-corrected chi connectivity index (χ0v) is 11.6. The highest BCUT2D eigenvalue weighted by molar-refractivity contribution is 6.06. The molecule has 0 saturated heterocycles. The molecule has 2 N–H and O–H groups in total. The molecule has 1 aliphatic carbocycles. The first-order valence-corrected chi connectivity index (χ1v) is 7.32. The predicted octanol–water partition coefficient (Wildman–Crippen LogP) is 2.03. The number of aliphatic hydroxyl groups is 2. The Bertz CT molecular complexity index is 745. The van der Waals surface area contributed by atoms with Crippen molar-refractivity contribution in [2.45, 2.75) is 37.5 Å². The lowest BCUT2D eigenvalue weighted by Gasteiger charge is -2.33. The Morgan fingerprint density at radius 3 is 2.86 bits per heavy atom. The highest BCUT2D eigenvalue weighted by atomic mass is 16.3. The molecule has 0 amide bonds. The minimum Gasteiger partial charge on any atom is -0.390 e. The van der Waals surface area contributed by atoms with E-state index in [2.05, 4.69) is 14.5 Å². The summed E-state index contributed by atoms with van der Waals surface area (Å²) in [6.07, 6.45) is 4.33. The average Bonchev–Trinajstić information content (AvgIpc) is 2.85. The average molecular weight is 283 g/mol. The van der Waals surface area contributed by atoms with Gasteiger partial charge in [0.2, 0.25) is 0 Å². The molecule has 108 valence electrons. The molecule has 1 saturated carbocycles. The van der Waals surface area contributed by atoms with Crippen LogP contribution in [0, 0.1) is 0 Å². The van der Waals surface area contributed by atoms with Crippen molar-refractivity contribution in [3.63, 3.8) is 0 Å². The number of fused-ring (bicyclic) bond motifs is 3. The van der Waals surface area contributed by atoms with E-state index in [0.29, 0.717) is 6.42 Å². The second-order valence-electron chi connectivity index (χ2n) is 5.70. The Morgan fingerprint density at radius 1 is 1.10 bits per heavy atom. The van der Waals surface area contributed by atoms with E-state index in [0.717, 1.165) is 34.8 Å². The normalized spacial score (nSPS) is 26.5. The second-order valence-corrected chi connectivity index (χ2v) is 5.70. The third-order valence-corrected chi connectivity index (χ3v) is 4.49. The van der Waals surface area contributed by atoms with Crippen LogP contribution in [-0.4, -0.2) is 37.0 Å². The molecular formula is C16H17N3O2. The van der Waals surface area contributed by atoms with Crippen molar-refractivity contribution in [1.29, 1.82) is 0 Å². The van der Waals surface area contributed by atoms with Crippen LogP contribution in [0.2, 0.25) is 0 Å². The molecule has 1 aromatic carbocycles. The molecule has 0 aliphatic heterocycles. The lowest BCUT2D eigenvalue weighted by atomic mass is 9.90. The molecule has 3 atom stereocenters. The fourth-order valence-electron chi connectivity index (χ4n) is 3.48. The molecule has 3 aromatic rings. The van der Waals surface area contributed by atoms with Crippen molar-refractivity contribution < 1.29 is 10.2 Å². The molecule has 4 rings (SSSR count). The van der Waals surface area contributed by atoms with Crippen LogP contribution >= 0.6 is 0 Å². The molecule has 0 radical (unpaired) electrons. The van der Waals surface area contributed by atoms with Gasteiger partial charge in [-0.15, -0.1) is 0 Å². The highest BCUT2D eigenvalue weighted by Crippen LogP contribution is 2.36. The summed E-state index contributed by atoms with van der Waals surface area (Å²) in [5.41, 5.74) is 1.86. The van der Waals surface area contributed by atoms with E-state index in [1.165, 1.54) is 6.33 Å². The number of benzene rings is 1. The van der Waals surface area contributed by atoms with E-state index >= 15 is 0 Å². The van der Waals surface area contributed by atoms with E-state index in [9.17, 15) is 10.2 Å². The van der Waals surface area contributed by atoms with Crippen LogP contribution in [0.1, 0.15) is 25.3 Å². The lowest BCUT2D eigenvalue weighted by Crippen LogP contribution is -2.38. The zero-order valence-electron chi connectivity index (χ0n) is 11.6. The van der Waals surface area contributed by atoms with Crippen molar-refractivity contribution in [1.82, 2.24) is 14.5 Å². The topological polar surface area (TPSA) is 71.2 Å². The molecule has 5 nitrogen and oxygen atoms in total. The number of aromatic nitrogens is 3. The molecule has 5 heteroatoms. The van der Waals surface area contributed by atoms with Crippen molar-refractivity contribution in [2.24, 2.45) is 0 Å². The van der Waals surface area contributed by atoms with Gasteiger partial charge in [-0.2, -0.15) is 0 Å². The molecular weight excluding hydrogens is 266 g/mol. The Morgan fingerprint density at radius 2 is 1.95 bits per heavy atom. The smallest absolute Gasteiger partial charge is 0.144 e. The molecule has 21 heavy (non-hydrogen) atoms. The maximum Gasteiger partial charge on any atom is 0.144 e. The Labute approximate surface area is 121 Å². The predicted molar refractivity (Wildman–Crippen MR) is 79.9 cm³/mol.